The van der Waals surface area contributed by atoms with Gasteiger partial charge in [0.1, 0.15) is 0 Å². The quantitative estimate of drug-likeness (QED) is 0.430. The van der Waals surface area contributed by atoms with Gasteiger partial charge in [-0.15, -0.1) is 0 Å². The number of rotatable bonds is 5. The minimum absolute atomic E-state index is 0.633. The Morgan fingerprint density at radius 2 is 2.07 bits per heavy atom. The van der Waals surface area contributed by atoms with Gasteiger partial charge < -0.3 is 0 Å². The molecule has 0 N–H and O–H groups in total. The molecule has 0 heterocycles. The Hall–Kier alpha value is -1.35. The minimum Gasteiger partial charge on any atom is -0.277 e. The molecule has 0 radical (unpaired) electrons. The first kappa shape index (κ1) is 11.7. The molecule has 3 nitrogen and oxygen atoms in total. The summed E-state index contributed by atoms with van der Waals surface area (Å²) in [5.74, 6) is 0. The molecule has 1 aromatic carbocycles. The van der Waals surface area contributed by atoms with Crippen LogP contribution in [-0.4, -0.2) is 24.2 Å². The van der Waals surface area contributed by atoms with Crippen LogP contribution < -0.4 is 0 Å². The number of carbonyl (C=O) groups excluding carboxylic acids is 1. The summed E-state index contributed by atoms with van der Waals surface area (Å²) in [4.78, 5) is 10.6. The molecule has 1 rings (SSSR count). The fourth-order valence-corrected chi connectivity index (χ4v) is 1.18. The van der Waals surface area contributed by atoms with Gasteiger partial charge in [-0.2, -0.15) is 5.10 Å². The number of nitrogens with zero attached hydrogens (tertiary/aromatic N) is 2. The predicted molar refractivity (Wildman–Crippen MR) is 62.1 cm³/mol. The molecule has 80 valence electrons. The Morgan fingerprint density at radius 1 is 1.40 bits per heavy atom. The molecule has 0 aliphatic rings. The van der Waals surface area contributed by atoms with Gasteiger partial charge in [0.25, 0.3) is 0 Å². The van der Waals surface area contributed by atoms with E-state index in [4.69, 9.17) is 11.6 Å². The van der Waals surface area contributed by atoms with E-state index >= 15 is 0 Å². The molecule has 1 aromatic rings. The molecule has 0 saturated heterocycles. The fourth-order valence-electron chi connectivity index (χ4n) is 1.06. The number of hydrogen-bond acceptors (Lipinski definition) is 2. The SMILES string of the molecule is CCCN(C=O)/N=C/c1ccc(Cl)cc1. The van der Waals surface area contributed by atoms with Crippen molar-refractivity contribution in [1.29, 1.82) is 0 Å². The minimum atomic E-state index is 0.633. The van der Waals surface area contributed by atoms with Gasteiger partial charge in [0.2, 0.25) is 6.41 Å². The van der Waals surface area contributed by atoms with E-state index in [1.54, 1.807) is 18.3 Å². The van der Waals surface area contributed by atoms with Crippen molar-refractivity contribution in [2.24, 2.45) is 5.10 Å². The zero-order valence-corrected chi connectivity index (χ0v) is 9.31. The van der Waals surface area contributed by atoms with Crippen molar-refractivity contribution in [3.8, 4) is 0 Å². The van der Waals surface area contributed by atoms with E-state index in [-0.39, 0.29) is 0 Å². The van der Waals surface area contributed by atoms with Crippen LogP contribution in [0.25, 0.3) is 0 Å². The van der Waals surface area contributed by atoms with Gasteiger partial charge in [0.05, 0.1) is 6.21 Å². The molecule has 0 atom stereocenters. The smallest absolute Gasteiger partial charge is 0.229 e. The van der Waals surface area contributed by atoms with Crippen LogP contribution in [0.5, 0.6) is 0 Å². The molecule has 1 amide bonds. The monoisotopic (exact) mass is 224 g/mol. The van der Waals surface area contributed by atoms with Crippen molar-refractivity contribution < 1.29 is 4.79 Å². The van der Waals surface area contributed by atoms with E-state index in [2.05, 4.69) is 5.10 Å². The van der Waals surface area contributed by atoms with Crippen molar-refractivity contribution in [3.63, 3.8) is 0 Å². The number of hydrazone groups is 1. The van der Waals surface area contributed by atoms with E-state index in [9.17, 15) is 4.79 Å². The predicted octanol–water partition coefficient (Wildman–Crippen LogP) is 2.54. The lowest BCUT2D eigenvalue weighted by atomic mass is 10.2. The number of hydrogen-bond donors (Lipinski definition) is 0. The van der Waals surface area contributed by atoms with Crippen LogP contribution in [0.4, 0.5) is 0 Å². The molecule has 0 fully saturated rings. The summed E-state index contributed by atoms with van der Waals surface area (Å²) in [5.41, 5.74) is 0.919. The first-order valence-electron chi connectivity index (χ1n) is 4.77. The number of benzene rings is 1. The third-order valence-electron chi connectivity index (χ3n) is 1.80. The summed E-state index contributed by atoms with van der Waals surface area (Å²) < 4.78 is 0. The van der Waals surface area contributed by atoms with Gasteiger partial charge in [-0.3, -0.25) is 4.79 Å². The maximum atomic E-state index is 10.6. The molecule has 0 spiro atoms. The van der Waals surface area contributed by atoms with Gasteiger partial charge in [-0.1, -0.05) is 30.7 Å². The summed E-state index contributed by atoms with van der Waals surface area (Å²) in [5, 5.41) is 6.09. The fraction of sp³-hybridized carbons (Fsp3) is 0.273. The van der Waals surface area contributed by atoms with E-state index in [0.717, 1.165) is 18.4 Å². The topological polar surface area (TPSA) is 32.7 Å². The van der Waals surface area contributed by atoms with Gasteiger partial charge in [0, 0.05) is 11.6 Å². The molecular formula is C11H13ClN2O. The highest BCUT2D eigenvalue weighted by Gasteiger charge is 1.94. The summed E-state index contributed by atoms with van der Waals surface area (Å²) in [6.45, 7) is 2.63. The Bertz CT molecular complexity index is 335. The van der Waals surface area contributed by atoms with Crippen LogP contribution in [0.1, 0.15) is 18.9 Å². The van der Waals surface area contributed by atoms with Gasteiger partial charge in [-0.05, 0) is 24.1 Å². The first-order chi connectivity index (χ1) is 7.26. The van der Waals surface area contributed by atoms with Gasteiger partial charge in [-0.25, -0.2) is 5.01 Å². The Kier molecular flexibility index (Phi) is 4.84. The summed E-state index contributed by atoms with van der Waals surface area (Å²) in [7, 11) is 0. The number of halogens is 1. The second kappa shape index (κ2) is 6.19. The van der Waals surface area contributed by atoms with Gasteiger partial charge in [0.15, 0.2) is 0 Å². The maximum absolute atomic E-state index is 10.6. The lowest BCUT2D eigenvalue weighted by Gasteiger charge is -2.07. The summed E-state index contributed by atoms with van der Waals surface area (Å²) in [6, 6.07) is 7.27. The van der Waals surface area contributed by atoms with Crippen LogP contribution in [0.2, 0.25) is 5.02 Å². The molecular weight excluding hydrogens is 212 g/mol. The molecule has 15 heavy (non-hydrogen) atoms. The standard InChI is InChI=1S/C11H13ClN2O/c1-2-7-14(9-15)13-8-10-3-5-11(12)6-4-10/h3-6,8-9H,2,7H2,1H3/b13-8+. The van der Waals surface area contributed by atoms with Crippen molar-refractivity contribution in [2.45, 2.75) is 13.3 Å². The zero-order chi connectivity index (χ0) is 11.1. The van der Waals surface area contributed by atoms with Crippen LogP contribution in [0.15, 0.2) is 29.4 Å². The highest BCUT2D eigenvalue weighted by molar-refractivity contribution is 6.30. The van der Waals surface area contributed by atoms with E-state index < -0.39 is 0 Å². The third-order valence-corrected chi connectivity index (χ3v) is 2.05. The Morgan fingerprint density at radius 3 is 2.60 bits per heavy atom. The zero-order valence-electron chi connectivity index (χ0n) is 8.56. The second-order valence-corrected chi connectivity index (χ2v) is 3.50. The lowest BCUT2D eigenvalue weighted by Crippen LogP contribution is -2.15. The Labute approximate surface area is 94.3 Å². The average molecular weight is 225 g/mol. The number of carbonyl (C=O) groups is 1. The Balaban J connectivity index is 2.63. The molecule has 0 aliphatic heterocycles. The van der Waals surface area contributed by atoms with Crippen LogP contribution in [-0.2, 0) is 4.79 Å². The first-order valence-corrected chi connectivity index (χ1v) is 5.15. The molecule has 0 aromatic heterocycles. The van der Waals surface area contributed by atoms with Crippen molar-refractivity contribution in [2.75, 3.05) is 6.54 Å². The van der Waals surface area contributed by atoms with Crippen molar-refractivity contribution in [1.82, 2.24) is 5.01 Å². The normalized spacial score (nSPS) is 10.5. The summed E-state index contributed by atoms with van der Waals surface area (Å²) in [6.07, 6.45) is 3.24. The molecule has 0 saturated carbocycles. The molecule has 0 aliphatic carbocycles. The molecule has 0 bridgehead atoms. The van der Waals surface area contributed by atoms with Crippen LogP contribution >= 0.6 is 11.6 Å². The lowest BCUT2D eigenvalue weighted by molar-refractivity contribution is -0.118. The van der Waals surface area contributed by atoms with E-state index in [0.29, 0.717) is 11.6 Å². The highest BCUT2D eigenvalue weighted by atomic mass is 35.5. The van der Waals surface area contributed by atoms with E-state index in [1.807, 2.05) is 19.1 Å². The highest BCUT2D eigenvalue weighted by Crippen LogP contribution is 2.07. The van der Waals surface area contributed by atoms with Crippen LogP contribution in [0, 0.1) is 0 Å². The van der Waals surface area contributed by atoms with Gasteiger partial charge >= 0.3 is 0 Å². The van der Waals surface area contributed by atoms with Crippen LogP contribution in [0.3, 0.4) is 0 Å². The summed E-state index contributed by atoms with van der Waals surface area (Å²) >= 11 is 5.74. The molecule has 4 heteroatoms. The maximum Gasteiger partial charge on any atom is 0.229 e. The van der Waals surface area contributed by atoms with Crippen molar-refractivity contribution >= 4 is 24.2 Å². The van der Waals surface area contributed by atoms with E-state index in [1.165, 1.54) is 5.01 Å². The number of amides is 1. The second-order valence-electron chi connectivity index (χ2n) is 3.06. The largest absolute Gasteiger partial charge is 0.277 e. The van der Waals surface area contributed by atoms with Crippen molar-refractivity contribution in [3.05, 3.63) is 34.9 Å². The molecule has 0 unspecified atom stereocenters. The third kappa shape index (κ3) is 4.13. The average Bonchev–Trinajstić information content (AvgIpc) is 2.26.